The first kappa shape index (κ1) is 15.2. The standard InChI is InChI=1S/C15H16N2O3S/c1-9-10(2)21-14(12(9)15(19)20)17(8-16)13(18)11-6-4-3-5-7-11/h3-7H,8,16H2,1-2H3,(H,19,20). The molecule has 0 saturated carbocycles. The fourth-order valence-corrected chi connectivity index (χ4v) is 3.20. The average molecular weight is 304 g/mol. The molecule has 0 bridgehead atoms. The van der Waals surface area contributed by atoms with E-state index in [1.807, 2.05) is 13.0 Å². The van der Waals surface area contributed by atoms with Crippen LogP contribution in [0.25, 0.3) is 0 Å². The minimum atomic E-state index is -1.05. The van der Waals surface area contributed by atoms with Gasteiger partial charge < -0.3 is 10.8 Å². The van der Waals surface area contributed by atoms with Gasteiger partial charge in [0.1, 0.15) is 5.00 Å². The van der Waals surface area contributed by atoms with Crippen LogP contribution in [0.15, 0.2) is 30.3 Å². The van der Waals surface area contributed by atoms with Crippen molar-refractivity contribution in [2.75, 3.05) is 11.6 Å². The Morgan fingerprint density at radius 3 is 2.38 bits per heavy atom. The van der Waals surface area contributed by atoms with Crippen molar-refractivity contribution in [2.24, 2.45) is 5.73 Å². The second kappa shape index (κ2) is 6.07. The van der Waals surface area contributed by atoms with Crippen molar-refractivity contribution in [2.45, 2.75) is 13.8 Å². The summed E-state index contributed by atoms with van der Waals surface area (Å²) >= 11 is 1.27. The van der Waals surface area contributed by atoms with Gasteiger partial charge in [-0.3, -0.25) is 9.69 Å². The molecule has 0 atom stereocenters. The lowest BCUT2D eigenvalue weighted by atomic mass is 10.1. The van der Waals surface area contributed by atoms with Crippen LogP contribution in [-0.2, 0) is 0 Å². The topological polar surface area (TPSA) is 83.6 Å². The second-order valence-electron chi connectivity index (χ2n) is 4.55. The van der Waals surface area contributed by atoms with E-state index >= 15 is 0 Å². The monoisotopic (exact) mass is 304 g/mol. The summed E-state index contributed by atoms with van der Waals surface area (Å²) in [6.07, 6.45) is 0. The fourth-order valence-electron chi connectivity index (χ4n) is 2.05. The van der Waals surface area contributed by atoms with Crippen LogP contribution in [0.4, 0.5) is 5.00 Å². The van der Waals surface area contributed by atoms with Gasteiger partial charge in [-0.05, 0) is 31.5 Å². The fraction of sp³-hybridized carbons (Fsp3) is 0.200. The highest BCUT2D eigenvalue weighted by molar-refractivity contribution is 7.16. The van der Waals surface area contributed by atoms with Gasteiger partial charge in [-0.1, -0.05) is 18.2 Å². The van der Waals surface area contributed by atoms with Crippen molar-refractivity contribution >= 4 is 28.2 Å². The van der Waals surface area contributed by atoms with Crippen LogP contribution in [0.3, 0.4) is 0 Å². The summed E-state index contributed by atoms with van der Waals surface area (Å²) in [6.45, 7) is 3.49. The van der Waals surface area contributed by atoms with E-state index in [-0.39, 0.29) is 18.1 Å². The molecular weight excluding hydrogens is 288 g/mol. The number of amides is 1. The Morgan fingerprint density at radius 1 is 1.24 bits per heavy atom. The van der Waals surface area contributed by atoms with Crippen molar-refractivity contribution < 1.29 is 14.7 Å². The molecule has 110 valence electrons. The Bertz CT molecular complexity index is 680. The van der Waals surface area contributed by atoms with Gasteiger partial charge in [-0.15, -0.1) is 11.3 Å². The van der Waals surface area contributed by atoms with Crippen LogP contribution < -0.4 is 10.6 Å². The van der Waals surface area contributed by atoms with Crippen LogP contribution in [-0.4, -0.2) is 23.7 Å². The zero-order valence-corrected chi connectivity index (χ0v) is 12.6. The largest absolute Gasteiger partial charge is 0.478 e. The number of anilines is 1. The molecule has 0 aliphatic rings. The summed E-state index contributed by atoms with van der Waals surface area (Å²) in [4.78, 5) is 26.2. The van der Waals surface area contributed by atoms with Crippen LogP contribution in [0.5, 0.6) is 0 Å². The number of hydrogen-bond donors (Lipinski definition) is 2. The maximum Gasteiger partial charge on any atom is 0.339 e. The summed E-state index contributed by atoms with van der Waals surface area (Å²) in [5, 5.41) is 9.77. The summed E-state index contributed by atoms with van der Waals surface area (Å²) in [5.41, 5.74) is 6.98. The first-order valence-electron chi connectivity index (χ1n) is 6.37. The van der Waals surface area contributed by atoms with Crippen LogP contribution in [0.2, 0.25) is 0 Å². The third kappa shape index (κ3) is 2.81. The maximum absolute atomic E-state index is 12.5. The Labute approximate surface area is 126 Å². The molecule has 3 N–H and O–H groups in total. The van der Waals surface area contributed by atoms with Gasteiger partial charge in [-0.2, -0.15) is 0 Å². The quantitative estimate of drug-likeness (QED) is 0.850. The van der Waals surface area contributed by atoms with Crippen LogP contribution >= 0.6 is 11.3 Å². The number of aryl methyl sites for hydroxylation is 1. The van der Waals surface area contributed by atoms with E-state index in [0.717, 1.165) is 4.88 Å². The number of carbonyl (C=O) groups excluding carboxylic acids is 1. The molecular formula is C15H16N2O3S. The first-order valence-corrected chi connectivity index (χ1v) is 7.19. The molecule has 0 fully saturated rings. The van der Waals surface area contributed by atoms with Crippen LogP contribution in [0, 0.1) is 13.8 Å². The molecule has 0 spiro atoms. The molecule has 0 saturated heterocycles. The summed E-state index contributed by atoms with van der Waals surface area (Å²) in [6, 6.07) is 8.68. The lowest BCUT2D eigenvalue weighted by molar-refractivity contribution is 0.0697. The molecule has 0 aliphatic heterocycles. The van der Waals surface area contributed by atoms with E-state index in [9.17, 15) is 14.7 Å². The highest BCUT2D eigenvalue weighted by Crippen LogP contribution is 2.35. The van der Waals surface area contributed by atoms with Crippen molar-refractivity contribution in [3.63, 3.8) is 0 Å². The maximum atomic E-state index is 12.5. The molecule has 2 rings (SSSR count). The van der Waals surface area contributed by atoms with E-state index in [1.165, 1.54) is 16.2 Å². The molecule has 2 aromatic rings. The molecule has 6 heteroatoms. The number of carboxylic acids is 1. The molecule has 1 amide bonds. The number of nitrogens with zero attached hydrogens (tertiary/aromatic N) is 1. The Kier molecular flexibility index (Phi) is 4.40. The normalized spacial score (nSPS) is 10.4. The van der Waals surface area contributed by atoms with Crippen molar-refractivity contribution in [1.29, 1.82) is 0 Å². The van der Waals surface area contributed by atoms with Gasteiger partial charge in [0.2, 0.25) is 0 Å². The molecule has 0 aliphatic carbocycles. The van der Waals surface area contributed by atoms with Gasteiger partial charge in [-0.25, -0.2) is 4.79 Å². The first-order chi connectivity index (χ1) is 9.97. The SMILES string of the molecule is Cc1sc(N(CN)C(=O)c2ccccc2)c(C(=O)O)c1C. The number of thiophene rings is 1. The minimum absolute atomic E-state index is 0.0760. The number of carboxylic acid groups (broad SMARTS) is 1. The predicted octanol–water partition coefficient (Wildman–Crippen LogP) is 2.63. The van der Waals surface area contributed by atoms with Crippen LogP contribution in [0.1, 0.15) is 31.2 Å². The van der Waals surface area contributed by atoms with E-state index < -0.39 is 5.97 Å². The molecule has 5 nitrogen and oxygen atoms in total. The summed E-state index contributed by atoms with van der Waals surface area (Å²) in [5.74, 6) is -1.35. The second-order valence-corrected chi connectivity index (χ2v) is 5.75. The van der Waals surface area contributed by atoms with E-state index in [1.54, 1.807) is 31.2 Å². The van der Waals surface area contributed by atoms with Gasteiger partial charge in [0.05, 0.1) is 12.2 Å². The van der Waals surface area contributed by atoms with Crippen molar-refractivity contribution in [3.8, 4) is 0 Å². The van der Waals surface area contributed by atoms with Gasteiger partial charge in [0.25, 0.3) is 5.91 Å². The summed E-state index contributed by atoms with van der Waals surface area (Å²) < 4.78 is 0. The number of hydrogen-bond acceptors (Lipinski definition) is 4. The van der Waals surface area contributed by atoms with E-state index in [4.69, 9.17) is 5.73 Å². The molecule has 0 radical (unpaired) electrons. The lowest BCUT2D eigenvalue weighted by Crippen LogP contribution is -2.36. The highest BCUT2D eigenvalue weighted by Gasteiger charge is 2.26. The number of nitrogens with two attached hydrogens (primary N) is 1. The van der Waals surface area contributed by atoms with Gasteiger partial charge in [0, 0.05) is 10.4 Å². The van der Waals surface area contributed by atoms with Crippen molar-refractivity contribution in [1.82, 2.24) is 0 Å². The van der Waals surface area contributed by atoms with Crippen molar-refractivity contribution in [3.05, 3.63) is 51.9 Å². The average Bonchev–Trinajstić information content (AvgIpc) is 2.76. The van der Waals surface area contributed by atoms with E-state index in [2.05, 4.69) is 0 Å². The zero-order chi connectivity index (χ0) is 15.6. The van der Waals surface area contributed by atoms with Gasteiger partial charge >= 0.3 is 5.97 Å². The lowest BCUT2D eigenvalue weighted by Gasteiger charge is -2.20. The minimum Gasteiger partial charge on any atom is -0.478 e. The van der Waals surface area contributed by atoms with Gasteiger partial charge in [0.15, 0.2) is 0 Å². The molecule has 1 aromatic carbocycles. The third-order valence-electron chi connectivity index (χ3n) is 3.27. The smallest absolute Gasteiger partial charge is 0.339 e. The molecule has 21 heavy (non-hydrogen) atoms. The molecule has 1 aromatic heterocycles. The Hall–Kier alpha value is -2.18. The van der Waals surface area contributed by atoms with E-state index in [0.29, 0.717) is 16.1 Å². The zero-order valence-electron chi connectivity index (χ0n) is 11.8. The third-order valence-corrected chi connectivity index (χ3v) is 4.50. The Balaban J connectivity index is 2.50. The number of benzene rings is 1. The highest BCUT2D eigenvalue weighted by atomic mass is 32.1. The summed E-state index contributed by atoms with van der Waals surface area (Å²) in [7, 11) is 0. The number of aromatic carboxylic acids is 1. The molecule has 0 unspecified atom stereocenters. The predicted molar refractivity (Wildman–Crippen MR) is 83.1 cm³/mol. The Morgan fingerprint density at radius 2 is 1.86 bits per heavy atom. The number of carbonyl (C=O) groups is 2. The number of rotatable bonds is 4. The molecule has 1 heterocycles.